The fraction of sp³-hybridized carbons (Fsp3) is 0.350. The van der Waals surface area contributed by atoms with Crippen LogP contribution in [-0.4, -0.2) is 32.3 Å². The van der Waals surface area contributed by atoms with Crippen LogP contribution in [0.3, 0.4) is 0 Å². The van der Waals surface area contributed by atoms with Crippen LogP contribution in [0, 0.1) is 0 Å². The highest BCUT2D eigenvalue weighted by molar-refractivity contribution is 6.30. The van der Waals surface area contributed by atoms with Crippen molar-refractivity contribution in [1.29, 1.82) is 0 Å². The smallest absolute Gasteiger partial charge is 0.343 e. The van der Waals surface area contributed by atoms with E-state index in [4.69, 9.17) is 16.3 Å². The molecule has 2 rings (SSSR count). The van der Waals surface area contributed by atoms with Gasteiger partial charge in [0.2, 0.25) is 0 Å². The molecular weight excluding hydrogens is 373 g/mol. The topological polar surface area (TPSA) is 47.6 Å². The van der Waals surface area contributed by atoms with Gasteiger partial charge in [-0.3, -0.25) is 0 Å². The zero-order valence-corrected chi connectivity index (χ0v) is 16.6. The van der Waals surface area contributed by atoms with Crippen LogP contribution >= 0.6 is 24.0 Å². The summed E-state index contributed by atoms with van der Waals surface area (Å²) in [6.45, 7) is 3.00. The van der Waals surface area contributed by atoms with Crippen molar-refractivity contribution in [2.24, 2.45) is 0 Å². The maximum atomic E-state index is 11.1. The van der Waals surface area contributed by atoms with Crippen molar-refractivity contribution in [2.45, 2.75) is 25.8 Å². The molecular formula is C20H25Cl2NO3. The van der Waals surface area contributed by atoms with Crippen LogP contribution in [0.2, 0.25) is 5.02 Å². The second-order valence-corrected chi connectivity index (χ2v) is 6.38. The molecule has 1 atom stereocenters. The molecule has 2 aromatic rings. The lowest BCUT2D eigenvalue weighted by atomic mass is 10.1. The number of benzene rings is 2. The van der Waals surface area contributed by atoms with E-state index < -0.39 is 0 Å². The highest BCUT2D eigenvalue weighted by Gasteiger charge is 2.05. The Morgan fingerprint density at radius 2 is 1.88 bits per heavy atom. The number of ether oxygens (including phenoxy) is 2. The van der Waals surface area contributed by atoms with Gasteiger partial charge in [-0.15, -0.1) is 12.4 Å². The number of rotatable bonds is 9. The van der Waals surface area contributed by atoms with E-state index in [0.717, 1.165) is 24.4 Å². The monoisotopic (exact) mass is 397 g/mol. The van der Waals surface area contributed by atoms with Crippen molar-refractivity contribution < 1.29 is 14.3 Å². The highest BCUT2D eigenvalue weighted by atomic mass is 35.5. The minimum Gasteiger partial charge on any atom is -0.482 e. The normalized spacial score (nSPS) is 11.3. The molecule has 0 saturated carbocycles. The maximum Gasteiger partial charge on any atom is 0.343 e. The third-order valence-corrected chi connectivity index (χ3v) is 4.08. The molecule has 142 valence electrons. The number of hydrogen-bond acceptors (Lipinski definition) is 4. The minimum atomic E-state index is -0.387. The van der Waals surface area contributed by atoms with Crippen molar-refractivity contribution in [3.05, 3.63) is 64.7 Å². The summed E-state index contributed by atoms with van der Waals surface area (Å²) in [5.41, 5.74) is 2.45. The predicted molar refractivity (Wildman–Crippen MR) is 108 cm³/mol. The molecule has 26 heavy (non-hydrogen) atoms. The summed E-state index contributed by atoms with van der Waals surface area (Å²) in [7, 11) is 1.34. The van der Waals surface area contributed by atoms with Crippen molar-refractivity contribution in [3.8, 4) is 5.75 Å². The molecule has 1 N–H and O–H groups in total. The van der Waals surface area contributed by atoms with Crippen LogP contribution in [0.1, 0.15) is 18.1 Å². The molecule has 0 fully saturated rings. The molecule has 2 aromatic carbocycles. The van der Waals surface area contributed by atoms with E-state index >= 15 is 0 Å². The molecule has 0 aliphatic carbocycles. The van der Waals surface area contributed by atoms with Gasteiger partial charge in [-0.25, -0.2) is 4.79 Å². The summed E-state index contributed by atoms with van der Waals surface area (Å²) in [5, 5.41) is 4.30. The Balaban J connectivity index is 0.00000338. The summed E-state index contributed by atoms with van der Waals surface area (Å²) in [6.07, 6.45) is 1.87. The highest BCUT2D eigenvalue weighted by Crippen LogP contribution is 2.14. The van der Waals surface area contributed by atoms with Gasteiger partial charge in [-0.05, 0) is 61.7 Å². The Kier molecular flexibility index (Phi) is 10.1. The van der Waals surface area contributed by atoms with Crippen molar-refractivity contribution in [1.82, 2.24) is 5.32 Å². The first kappa shape index (κ1) is 22.3. The molecule has 0 aliphatic heterocycles. The van der Waals surface area contributed by atoms with E-state index in [9.17, 15) is 4.79 Å². The second kappa shape index (κ2) is 11.8. The van der Waals surface area contributed by atoms with Gasteiger partial charge < -0.3 is 14.8 Å². The molecule has 6 heteroatoms. The number of hydrogen-bond donors (Lipinski definition) is 1. The number of carbonyl (C=O) groups excluding carboxylic acids is 1. The zero-order valence-electron chi connectivity index (χ0n) is 15.0. The Bertz CT molecular complexity index is 677. The second-order valence-electron chi connectivity index (χ2n) is 5.95. The van der Waals surface area contributed by atoms with Crippen LogP contribution in [0.4, 0.5) is 0 Å². The summed E-state index contributed by atoms with van der Waals surface area (Å²) in [6, 6.07) is 16.1. The van der Waals surface area contributed by atoms with Gasteiger partial charge >= 0.3 is 5.97 Å². The fourth-order valence-electron chi connectivity index (χ4n) is 2.50. The van der Waals surface area contributed by atoms with E-state index in [1.54, 1.807) is 0 Å². The Morgan fingerprint density at radius 3 is 2.54 bits per heavy atom. The number of carbonyl (C=O) groups is 1. The quantitative estimate of drug-likeness (QED) is 0.647. The predicted octanol–water partition coefficient (Wildman–Crippen LogP) is 4.08. The first-order valence-corrected chi connectivity index (χ1v) is 8.71. The van der Waals surface area contributed by atoms with Crippen molar-refractivity contribution in [3.63, 3.8) is 0 Å². The van der Waals surface area contributed by atoms with E-state index in [1.807, 2.05) is 42.5 Å². The van der Waals surface area contributed by atoms with Crippen molar-refractivity contribution in [2.75, 3.05) is 20.3 Å². The average molecular weight is 398 g/mol. The van der Waals surface area contributed by atoms with Gasteiger partial charge in [0.1, 0.15) is 5.75 Å². The van der Waals surface area contributed by atoms with Crippen LogP contribution in [0.25, 0.3) is 0 Å². The van der Waals surface area contributed by atoms with Gasteiger partial charge in [0, 0.05) is 11.1 Å². The molecule has 4 nitrogen and oxygen atoms in total. The van der Waals surface area contributed by atoms with Crippen LogP contribution < -0.4 is 10.1 Å². The molecule has 0 aromatic heterocycles. The molecule has 0 bridgehead atoms. The number of methoxy groups -OCH3 is 1. The molecule has 0 amide bonds. The minimum absolute atomic E-state index is 0. The molecule has 0 heterocycles. The van der Waals surface area contributed by atoms with Crippen LogP contribution in [0.15, 0.2) is 48.5 Å². The van der Waals surface area contributed by atoms with Gasteiger partial charge in [0.25, 0.3) is 0 Å². The fourth-order valence-corrected chi connectivity index (χ4v) is 2.72. The van der Waals surface area contributed by atoms with Gasteiger partial charge in [0.05, 0.1) is 7.11 Å². The molecule has 1 unspecified atom stereocenters. The SMILES string of the molecule is COC(=O)COc1ccc(CC(C)NCCc2cccc(Cl)c2)cc1.Cl. The summed E-state index contributed by atoms with van der Waals surface area (Å²) >= 11 is 6.00. The van der Waals surface area contributed by atoms with Gasteiger partial charge in [0.15, 0.2) is 6.61 Å². The Morgan fingerprint density at radius 1 is 1.15 bits per heavy atom. The Labute approximate surface area is 166 Å². The first-order chi connectivity index (χ1) is 12.1. The lowest BCUT2D eigenvalue weighted by Crippen LogP contribution is -2.29. The van der Waals surface area contributed by atoms with E-state index in [-0.39, 0.29) is 25.0 Å². The van der Waals surface area contributed by atoms with Crippen LogP contribution in [0.5, 0.6) is 5.75 Å². The zero-order chi connectivity index (χ0) is 18.1. The van der Waals surface area contributed by atoms with E-state index in [0.29, 0.717) is 11.8 Å². The van der Waals surface area contributed by atoms with Gasteiger partial charge in [-0.2, -0.15) is 0 Å². The standard InChI is InChI=1S/C20H24ClNO3.ClH/c1-15(22-11-10-16-4-3-5-18(21)13-16)12-17-6-8-19(9-7-17)25-14-20(23)24-2;/h3-9,13,15,22H,10-12,14H2,1-2H3;1H. The molecule has 0 spiro atoms. The molecule has 0 aliphatic rings. The van der Waals surface area contributed by atoms with E-state index in [2.05, 4.69) is 23.0 Å². The lowest BCUT2D eigenvalue weighted by molar-refractivity contribution is -0.142. The number of nitrogens with one attached hydrogen (secondary N) is 1. The van der Waals surface area contributed by atoms with Crippen molar-refractivity contribution >= 4 is 30.0 Å². The Hall–Kier alpha value is -1.75. The molecule has 0 radical (unpaired) electrons. The number of esters is 1. The van der Waals surface area contributed by atoms with Crippen LogP contribution in [-0.2, 0) is 22.4 Å². The third kappa shape index (κ3) is 8.09. The molecule has 0 saturated heterocycles. The first-order valence-electron chi connectivity index (χ1n) is 8.33. The lowest BCUT2D eigenvalue weighted by Gasteiger charge is -2.14. The third-order valence-electron chi connectivity index (χ3n) is 3.85. The average Bonchev–Trinajstić information content (AvgIpc) is 2.61. The van der Waals surface area contributed by atoms with Gasteiger partial charge in [-0.1, -0.05) is 35.9 Å². The summed E-state index contributed by atoms with van der Waals surface area (Å²) in [5.74, 6) is 0.275. The summed E-state index contributed by atoms with van der Waals surface area (Å²) < 4.78 is 9.89. The maximum absolute atomic E-state index is 11.1. The summed E-state index contributed by atoms with van der Waals surface area (Å²) in [4.78, 5) is 11.1. The largest absolute Gasteiger partial charge is 0.482 e. The van der Waals surface area contributed by atoms with E-state index in [1.165, 1.54) is 18.2 Å². The number of halogens is 2.